The van der Waals surface area contributed by atoms with Gasteiger partial charge in [0.25, 0.3) is 17.0 Å². The summed E-state index contributed by atoms with van der Waals surface area (Å²) in [6.07, 6.45) is -0.250. The third kappa shape index (κ3) is 14.9. The third-order valence-corrected chi connectivity index (χ3v) is 12.2. The van der Waals surface area contributed by atoms with Gasteiger partial charge in [0.15, 0.2) is 11.4 Å². The lowest BCUT2D eigenvalue weighted by Crippen LogP contribution is -2.48. The lowest BCUT2D eigenvalue weighted by atomic mass is 9.86. The van der Waals surface area contributed by atoms with E-state index in [0.29, 0.717) is 54.3 Å². The summed E-state index contributed by atoms with van der Waals surface area (Å²) in [4.78, 5) is 50.0. The second-order valence-electron chi connectivity index (χ2n) is 19.5. The summed E-state index contributed by atoms with van der Waals surface area (Å²) in [5, 5.41) is 25.2. The van der Waals surface area contributed by atoms with Crippen LogP contribution < -0.4 is 59.9 Å². The first-order valence-corrected chi connectivity index (χ1v) is 25.1. The van der Waals surface area contributed by atoms with E-state index in [2.05, 4.69) is 123 Å². The van der Waals surface area contributed by atoms with Crippen molar-refractivity contribution in [2.45, 2.75) is 85.4 Å². The quantitative estimate of drug-likeness (QED) is 0.0497. The smallest absolute Gasteiger partial charge is 0.322 e. The van der Waals surface area contributed by atoms with Gasteiger partial charge < -0.3 is 64.6 Å². The maximum atomic E-state index is 13.1. The summed E-state index contributed by atoms with van der Waals surface area (Å²) in [7, 11) is 9.27. The Morgan fingerprint density at radius 3 is 2.01 bits per heavy atom. The molecule has 1 unspecified atom stereocenters. The van der Waals surface area contributed by atoms with Crippen LogP contribution in [0.2, 0.25) is 0 Å². The maximum absolute atomic E-state index is 13.1. The number of benzene rings is 2. The van der Waals surface area contributed by atoms with Gasteiger partial charge in [-0.1, -0.05) is 96.1 Å². The van der Waals surface area contributed by atoms with E-state index in [1.807, 2.05) is 50.4 Å². The highest BCUT2D eigenvalue weighted by Crippen LogP contribution is 2.37. The fourth-order valence-corrected chi connectivity index (χ4v) is 7.76. The molecule has 2 amide bonds. The number of nitrogens with one attached hydrogen (secondary N) is 5. The number of amides is 2. The van der Waals surface area contributed by atoms with Gasteiger partial charge in [-0.15, -0.1) is 5.10 Å². The normalized spacial score (nSPS) is 13.5. The second kappa shape index (κ2) is 25.2. The molecule has 0 bridgehead atoms. The molecule has 5 N–H and O–H groups in total. The van der Waals surface area contributed by atoms with E-state index in [0.717, 1.165) is 29.8 Å². The van der Waals surface area contributed by atoms with Crippen molar-refractivity contribution < 1.29 is 42.7 Å². The molecule has 1 aliphatic heterocycles. The van der Waals surface area contributed by atoms with E-state index in [1.165, 1.54) is 44.3 Å². The number of thiazole rings is 1. The first-order chi connectivity index (χ1) is 35.6. The van der Waals surface area contributed by atoms with Crippen molar-refractivity contribution in [1.82, 2.24) is 50.3 Å². The van der Waals surface area contributed by atoms with Gasteiger partial charge in [0, 0.05) is 51.7 Å². The fourth-order valence-electron chi connectivity index (χ4n) is 7.10. The van der Waals surface area contributed by atoms with Crippen LogP contribution in [-0.2, 0) is 22.6 Å². The van der Waals surface area contributed by atoms with E-state index >= 15 is 0 Å². The first-order valence-electron chi connectivity index (χ1n) is 24.2. The van der Waals surface area contributed by atoms with Crippen LogP contribution in [-0.4, -0.2) is 132 Å². The molecule has 5 heterocycles. The number of aryl methyl sites for hydroxylation is 1. The predicted octanol–water partition coefficient (Wildman–Crippen LogP) is 7.36. The number of hydrogen-bond acceptors (Lipinski definition) is 21. The number of hydrogen-bond donors (Lipinski definition) is 5. The van der Waals surface area contributed by atoms with Gasteiger partial charge in [-0.25, -0.2) is 0 Å². The molecule has 0 radical (unpaired) electrons. The molecule has 75 heavy (non-hydrogen) atoms. The topological polar surface area (TPSA) is 257 Å². The molecule has 1 aliphatic rings. The molecule has 7 rings (SSSR count). The second-order valence-corrected chi connectivity index (χ2v) is 20.3. The van der Waals surface area contributed by atoms with Crippen molar-refractivity contribution in [3.05, 3.63) is 76.1 Å². The molecule has 2 aromatic carbocycles. The molecular weight excluding hydrogens is 985 g/mol. The minimum atomic E-state index is -0.560. The molecule has 0 saturated carbocycles. The van der Waals surface area contributed by atoms with Crippen molar-refractivity contribution in [2.75, 3.05) is 89.1 Å². The monoisotopic (exact) mass is 1050 g/mol. The molecule has 23 nitrogen and oxygen atoms in total. The van der Waals surface area contributed by atoms with Crippen molar-refractivity contribution in [1.29, 1.82) is 0 Å². The number of likely N-dealkylation sites (N-methyl/N-ethyl adjacent to an activating group) is 1. The van der Waals surface area contributed by atoms with Crippen molar-refractivity contribution in [3.8, 4) is 46.2 Å². The Morgan fingerprint density at radius 1 is 0.813 bits per heavy atom. The van der Waals surface area contributed by atoms with E-state index in [-0.39, 0.29) is 69.5 Å². The van der Waals surface area contributed by atoms with Crippen LogP contribution in [0.25, 0.3) is 0 Å². The van der Waals surface area contributed by atoms with Crippen LogP contribution in [0.1, 0.15) is 93.2 Å². The zero-order valence-corrected chi connectivity index (χ0v) is 46.2. The van der Waals surface area contributed by atoms with E-state index in [9.17, 15) is 9.59 Å². The number of nitrogens with zero attached hydrogens (tertiary/aromatic N) is 9. The van der Waals surface area contributed by atoms with Crippen molar-refractivity contribution >= 4 is 46.4 Å². The van der Waals surface area contributed by atoms with E-state index in [4.69, 9.17) is 33.2 Å². The maximum Gasteiger partial charge on any atom is 0.322 e. The van der Waals surface area contributed by atoms with Crippen LogP contribution >= 0.6 is 11.3 Å². The molecule has 1 atom stereocenters. The molecule has 0 spiro atoms. The van der Waals surface area contributed by atoms with Crippen LogP contribution in [0.15, 0.2) is 47.8 Å². The highest BCUT2D eigenvalue weighted by atomic mass is 32.1. The lowest BCUT2D eigenvalue weighted by molar-refractivity contribution is 0.0289. The summed E-state index contributed by atoms with van der Waals surface area (Å²) >= 11 is 1.23. The Kier molecular flexibility index (Phi) is 19.1. The zero-order valence-electron chi connectivity index (χ0n) is 45.4. The van der Waals surface area contributed by atoms with Gasteiger partial charge in [0.05, 0.1) is 35.0 Å². The van der Waals surface area contributed by atoms with Crippen LogP contribution in [0.3, 0.4) is 0 Å². The minimum Gasteiger partial charge on any atom is -0.479 e. The standard InChI is InChI=1S/C26H34N6O5S.C25H36N8O4/c1-15-8-9-16(26(2,3)4)12-18(15)37-25-28-17(14-38-25)21(33)29-20-22(34-6)30-24(31-23(20)35-7)32(5)19-13-27-10-11-36-19;1-15(2)26-12-13-27-23-29-21(35-7)18(22(30-23)36-8)28-20(34)19-31-32-24(33(19)6)37-17-11-9-10-16(14-17)25(3,4)5/h8-9,12,14,19,27H,10-11,13H2,1-7H3,(H,29,33);9-11,14-15,26H,12-13H2,1-8H3,(H,28,34)(H,27,29,30). The largest absolute Gasteiger partial charge is 0.479 e. The Balaban J connectivity index is 0.000000244. The van der Waals surface area contributed by atoms with Crippen LogP contribution in [0.4, 0.5) is 23.3 Å². The average molecular weight is 1060 g/mol. The first kappa shape index (κ1) is 56.9. The van der Waals surface area contributed by atoms with Crippen molar-refractivity contribution in [2.24, 2.45) is 7.05 Å². The van der Waals surface area contributed by atoms with Gasteiger partial charge in [-0.3, -0.25) is 14.2 Å². The predicted molar refractivity (Wildman–Crippen MR) is 287 cm³/mol. The number of rotatable bonds is 19. The molecule has 1 fully saturated rings. The van der Waals surface area contributed by atoms with Gasteiger partial charge in [-0.05, 0) is 52.6 Å². The zero-order chi connectivity index (χ0) is 54.6. The number of methoxy groups -OCH3 is 4. The van der Waals surface area contributed by atoms with Crippen LogP contribution in [0, 0.1) is 6.92 Å². The Labute approximate surface area is 441 Å². The Bertz CT molecular complexity index is 2840. The number of anilines is 4. The van der Waals surface area contributed by atoms with Gasteiger partial charge in [0.2, 0.25) is 41.2 Å². The fraction of sp³-hybridized carbons (Fsp3) is 0.471. The van der Waals surface area contributed by atoms with Gasteiger partial charge >= 0.3 is 6.01 Å². The molecular formula is C51H70N14O9S. The highest BCUT2D eigenvalue weighted by Gasteiger charge is 2.28. The van der Waals surface area contributed by atoms with Gasteiger partial charge in [-0.2, -0.15) is 24.9 Å². The lowest BCUT2D eigenvalue weighted by Gasteiger charge is -2.32. The molecule has 0 aliphatic carbocycles. The Morgan fingerprint density at radius 2 is 1.43 bits per heavy atom. The average Bonchev–Trinajstić information content (AvgIpc) is 4.01. The summed E-state index contributed by atoms with van der Waals surface area (Å²) in [6, 6.07) is 14.4. The third-order valence-electron chi connectivity index (χ3n) is 11.5. The summed E-state index contributed by atoms with van der Waals surface area (Å²) in [6.45, 7) is 22.2. The SMILES string of the molecule is COc1nc(N(C)C2CNCCO2)nc(OC)c1NC(=O)c1csc(Oc2cc(C(C)(C)C)ccc2C)n1.COc1nc(NCCNC(C)C)nc(OC)c1NC(=O)c1nnc(Oc2cccc(C(C)(C)C)c2)n1C. The van der Waals surface area contributed by atoms with E-state index < -0.39 is 11.8 Å². The summed E-state index contributed by atoms with van der Waals surface area (Å²) < 4.78 is 40.9. The van der Waals surface area contributed by atoms with Crippen molar-refractivity contribution in [3.63, 3.8) is 0 Å². The van der Waals surface area contributed by atoms with Crippen LogP contribution in [0.5, 0.6) is 46.2 Å². The Hall–Kier alpha value is -7.41. The van der Waals surface area contributed by atoms with Gasteiger partial charge in [0.1, 0.15) is 23.4 Å². The minimum absolute atomic E-state index is 0.0213. The summed E-state index contributed by atoms with van der Waals surface area (Å²) in [5.41, 5.74) is 3.72. The number of carbonyl (C=O) groups excluding carboxylic acids is 2. The summed E-state index contributed by atoms with van der Waals surface area (Å²) in [5.74, 6) is 1.50. The number of morpholine rings is 1. The molecule has 24 heteroatoms. The molecule has 6 aromatic rings. The number of ether oxygens (including phenoxy) is 7. The highest BCUT2D eigenvalue weighted by molar-refractivity contribution is 7.11. The molecule has 404 valence electrons. The molecule has 1 saturated heterocycles. The number of aromatic nitrogens is 8. The number of carbonyl (C=O) groups is 2. The molecule has 4 aromatic heterocycles. The van der Waals surface area contributed by atoms with E-state index in [1.54, 1.807) is 17.3 Å².